The Hall–Kier alpha value is -3.47. The van der Waals surface area contributed by atoms with Gasteiger partial charge in [0, 0.05) is 48.6 Å². The third kappa shape index (κ3) is 4.66. The largest absolute Gasteiger partial charge is 0.351 e. The predicted molar refractivity (Wildman–Crippen MR) is 119 cm³/mol. The molecule has 0 radical (unpaired) electrons. The molecule has 0 spiro atoms. The number of nitrogens with one attached hydrogen (secondary N) is 2. The molecular weight excluding hydrogens is 392 g/mol. The van der Waals surface area contributed by atoms with Crippen molar-refractivity contribution >= 4 is 23.5 Å². The van der Waals surface area contributed by atoms with E-state index >= 15 is 0 Å². The monoisotopic (exact) mass is 420 g/mol. The van der Waals surface area contributed by atoms with Crippen LogP contribution in [0.25, 0.3) is 0 Å². The number of hydrogen-bond acceptors (Lipinski definition) is 6. The summed E-state index contributed by atoms with van der Waals surface area (Å²) in [5.74, 6) is 0.292. The SMILES string of the molecule is CC[C@H]1[C@H](C)[C@@H](Nc2nccc(C)n2)c2cc(C(=O)NCCC#N)ccc2N1C(C)=O. The second kappa shape index (κ2) is 9.56. The minimum absolute atomic E-state index is 0.00242. The summed E-state index contributed by atoms with van der Waals surface area (Å²) in [5.41, 5.74) is 2.98. The number of aromatic nitrogens is 2. The fourth-order valence-corrected chi connectivity index (χ4v) is 4.24. The highest BCUT2D eigenvalue weighted by Crippen LogP contribution is 2.43. The van der Waals surface area contributed by atoms with Gasteiger partial charge in [0.15, 0.2) is 0 Å². The highest BCUT2D eigenvalue weighted by Gasteiger charge is 2.40. The minimum atomic E-state index is -0.247. The van der Waals surface area contributed by atoms with Crippen LogP contribution >= 0.6 is 0 Å². The molecule has 8 heteroatoms. The standard InChI is InChI=1S/C23H28N6O2/c1-5-19-15(3)21(28-23-26-12-9-14(2)27-23)18-13-17(22(31)25-11-6-10-24)7-8-20(18)29(19)16(4)30/h7-9,12-13,15,19,21H,5-6,11H2,1-4H3,(H,25,31)(H,26,27,28)/t15-,19-,21+/m0/s1. The highest BCUT2D eigenvalue weighted by atomic mass is 16.2. The van der Waals surface area contributed by atoms with Gasteiger partial charge in [0.05, 0.1) is 18.5 Å². The van der Waals surface area contributed by atoms with Gasteiger partial charge in [0.1, 0.15) is 0 Å². The van der Waals surface area contributed by atoms with Gasteiger partial charge in [-0.1, -0.05) is 13.8 Å². The average molecular weight is 421 g/mol. The number of benzene rings is 1. The molecule has 0 bridgehead atoms. The van der Waals surface area contributed by atoms with E-state index in [4.69, 9.17) is 5.26 Å². The Bertz CT molecular complexity index is 1020. The van der Waals surface area contributed by atoms with E-state index in [9.17, 15) is 9.59 Å². The quantitative estimate of drug-likeness (QED) is 0.693. The fourth-order valence-electron chi connectivity index (χ4n) is 4.24. The van der Waals surface area contributed by atoms with Crippen molar-refractivity contribution in [2.75, 3.05) is 16.8 Å². The van der Waals surface area contributed by atoms with Crippen LogP contribution in [0.1, 0.15) is 61.3 Å². The zero-order valence-corrected chi connectivity index (χ0v) is 18.3. The second-order valence-corrected chi connectivity index (χ2v) is 7.80. The fraction of sp³-hybridized carbons (Fsp3) is 0.435. The van der Waals surface area contributed by atoms with Gasteiger partial charge in [-0.05, 0) is 43.2 Å². The Morgan fingerprint density at radius 3 is 2.71 bits per heavy atom. The third-order valence-electron chi connectivity index (χ3n) is 5.71. The van der Waals surface area contributed by atoms with E-state index in [1.165, 1.54) is 0 Å². The van der Waals surface area contributed by atoms with E-state index in [-0.39, 0.29) is 36.2 Å². The van der Waals surface area contributed by atoms with Crippen LogP contribution in [0.3, 0.4) is 0 Å². The molecule has 2 heterocycles. The molecule has 1 aliphatic heterocycles. The van der Waals surface area contributed by atoms with Gasteiger partial charge in [-0.3, -0.25) is 9.59 Å². The molecule has 2 aromatic rings. The normalized spacial score (nSPS) is 19.8. The summed E-state index contributed by atoms with van der Waals surface area (Å²) in [6.45, 7) is 7.93. The van der Waals surface area contributed by atoms with E-state index in [2.05, 4.69) is 34.4 Å². The van der Waals surface area contributed by atoms with Crippen molar-refractivity contribution in [3.05, 3.63) is 47.3 Å². The van der Waals surface area contributed by atoms with Crippen molar-refractivity contribution in [2.24, 2.45) is 5.92 Å². The molecule has 0 aliphatic carbocycles. The van der Waals surface area contributed by atoms with E-state index < -0.39 is 0 Å². The van der Waals surface area contributed by atoms with E-state index in [0.29, 0.717) is 18.1 Å². The maximum Gasteiger partial charge on any atom is 0.251 e. The lowest BCUT2D eigenvalue weighted by atomic mass is 9.80. The molecule has 8 nitrogen and oxygen atoms in total. The first-order valence-corrected chi connectivity index (χ1v) is 10.5. The molecule has 0 saturated carbocycles. The van der Waals surface area contributed by atoms with Crippen molar-refractivity contribution in [1.82, 2.24) is 15.3 Å². The number of carbonyl (C=O) groups is 2. The summed E-state index contributed by atoms with van der Waals surface area (Å²) in [6.07, 6.45) is 2.75. The lowest BCUT2D eigenvalue weighted by Gasteiger charge is -2.45. The van der Waals surface area contributed by atoms with E-state index in [1.807, 2.05) is 36.1 Å². The van der Waals surface area contributed by atoms with Crippen molar-refractivity contribution in [3.8, 4) is 6.07 Å². The number of nitriles is 1. The lowest BCUT2D eigenvalue weighted by molar-refractivity contribution is -0.117. The number of rotatable bonds is 6. The van der Waals surface area contributed by atoms with Gasteiger partial charge in [-0.25, -0.2) is 9.97 Å². The number of nitrogens with zero attached hydrogens (tertiary/aromatic N) is 4. The first-order valence-electron chi connectivity index (χ1n) is 10.5. The summed E-state index contributed by atoms with van der Waals surface area (Å²) < 4.78 is 0. The molecule has 0 fully saturated rings. The Balaban J connectivity index is 2.05. The van der Waals surface area contributed by atoms with Crippen molar-refractivity contribution < 1.29 is 9.59 Å². The molecule has 31 heavy (non-hydrogen) atoms. The van der Waals surface area contributed by atoms with Crippen LogP contribution < -0.4 is 15.5 Å². The first-order chi connectivity index (χ1) is 14.9. The van der Waals surface area contributed by atoms with E-state index in [1.54, 1.807) is 19.2 Å². The molecule has 162 valence electrons. The number of carbonyl (C=O) groups excluding carboxylic acids is 2. The third-order valence-corrected chi connectivity index (χ3v) is 5.71. The highest BCUT2D eigenvalue weighted by molar-refractivity contribution is 5.98. The predicted octanol–water partition coefficient (Wildman–Crippen LogP) is 3.36. The van der Waals surface area contributed by atoms with Crippen LogP contribution in [0.4, 0.5) is 11.6 Å². The van der Waals surface area contributed by atoms with Crippen LogP contribution in [0.2, 0.25) is 0 Å². The smallest absolute Gasteiger partial charge is 0.251 e. The molecule has 1 aromatic heterocycles. The number of fused-ring (bicyclic) bond motifs is 1. The maximum absolute atomic E-state index is 12.6. The number of amides is 2. The van der Waals surface area contributed by atoms with E-state index in [0.717, 1.165) is 23.4 Å². The molecule has 2 N–H and O–H groups in total. The van der Waals surface area contributed by atoms with Crippen LogP contribution in [-0.2, 0) is 4.79 Å². The molecule has 2 amide bonds. The second-order valence-electron chi connectivity index (χ2n) is 7.80. The summed E-state index contributed by atoms with van der Waals surface area (Å²) in [7, 11) is 0. The molecule has 0 saturated heterocycles. The molecule has 3 rings (SSSR count). The zero-order valence-electron chi connectivity index (χ0n) is 18.3. The van der Waals surface area contributed by atoms with Gasteiger partial charge in [0.25, 0.3) is 5.91 Å². The van der Waals surface area contributed by atoms with Gasteiger partial charge in [-0.15, -0.1) is 0 Å². The summed E-state index contributed by atoms with van der Waals surface area (Å²) in [4.78, 5) is 35.8. The van der Waals surface area contributed by atoms with Crippen LogP contribution in [-0.4, -0.2) is 34.4 Å². The topological polar surface area (TPSA) is 111 Å². The van der Waals surface area contributed by atoms with Crippen molar-refractivity contribution in [2.45, 2.75) is 52.6 Å². The van der Waals surface area contributed by atoms with Crippen LogP contribution in [0.15, 0.2) is 30.5 Å². The molecule has 3 atom stereocenters. The van der Waals surface area contributed by atoms with Gasteiger partial charge in [-0.2, -0.15) is 5.26 Å². The van der Waals surface area contributed by atoms with Gasteiger partial charge < -0.3 is 15.5 Å². The zero-order chi connectivity index (χ0) is 22.5. The Morgan fingerprint density at radius 2 is 2.06 bits per heavy atom. The maximum atomic E-state index is 12.6. The number of anilines is 2. The van der Waals surface area contributed by atoms with Crippen LogP contribution in [0.5, 0.6) is 0 Å². The number of hydrogen-bond donors (Lipinski definition) is 2. The summed E-state index contributed by atoms with van der Waals surface area (Å²) in [6, 6.07) is 9.05. The van der Waals surface area contributed by atoms with Crippen molar-refractivity contribution in [1.29, 1.82) is 5.26 Å². The van der Waals surface area contributed by atoms with Gasteiger partial charge in [0.2, 0.25) is 11.9 Å². The molecular formula is C23H28N6O2. The van der Waals surface area contributed by atoms with Gasteiger partial charge >= 0.3 is 0 Å². The Labute approximate surface area is 182 Å². The average Bonchev–Trinajstić information content (AvgIpc) is 2.74. The summed E-state index contributed by atoms with van der Waals surface area (Å²) >= 11 is 0. The molecule has 0 unspecified atom stereocenters. The van der Waals surface area contributed by atoms with Crippen LogP contribution in [0, 0.1) is 24.2 Å². The lowest BCUT2D eigenvalue weighted by Crippen LogP contribution is -2.49. The Kier molecular flexibility index (Phi) is 6.85. The number of aryl methyl sites for hydroxylation is 1. The summed E-state index contributed by atoms with van der Waals surface area (Å²) in [5, 5.41) is 14.9. The molecule has 1 aromatic carbocycles. The Morgan fingerprint density at radius 1 is 1.29 bits per heavy atom. The minimum Gasteiger partial charge on any atom is -0.351 e. The van der Waals surface area contributed by atoms with Crippen molar-refractivity contribution in [3.63, 3.8) is 0 Å². The molecule has 1 aliphatic rings. The first kappa shape index (κ1) is 22.2.